The SMILES string of the molecule is CN=C(NCc1nc(C(C)(C)C)cs1)N1CCN(c2cccc(OC)c2)CC1. The van der Waals surface area contributed by atoms with Crippen molar-refractivity contribution < 1.29 is 4.74 Å². The van der Waals surface area contributed by atoms with Gasteiger partial charge in [0.05, 0.1) is 19.3 Å². The Morgan fingerprint density at radius 3 is 2.61 bits per heavy atom. The quantitative estimate of drug-likeness (QED) is 0.629. The van der Waals surface area contributed by atoms with Crippen LogP contribution >= 0.6 is 11.3 Å². The molecule has 1 aromatic heterocycles. The number of nitrogens with zero attached hydrogens (tertiary/aromatic N) is 4. The number of aromatic nitrogens is 1. The molecule has 1 aliphatic heterocycles. The Morgan fingerprint density at radius 2 is 2.00 bits per heavy atom. The van der Waals surface area contributed by atoms with Gasteiger partial charge in [0.1, 0.15) is 10.8 Å². The van der Waals surface area contributed by atoms with Crippen molar-refractivity contribution in [1.82, 2.24) is 15.2 Å². The second kappa shape index (κ2) is 8.82. The van der Waals surface area contributed by atoms with Crippen LogP contribution in [0.4, 0.5) is 5.69 Å². The molecule has 2 heterocycles. The fraction of sp³-hybridized carbons (Fsp3) is 0.524. The van der Waals surface area contributed by atoms with Crippen molar-refractivity contribution >= 4 is 23.0 Å². The lowest BCUT2D eigenvalue weighted by Gasteiger charge is -2.37. The van der Waals surface area contributed by atoms with Crippen LogP contribution in [0.3, 0.4) is 0 Å². The van der Waals surface area contributed by atoms with E-state index in [1.807, 2.05) is 19.2 Å². The van der Waals surface area contributed by atoms with Gasteiger partial charge in [-0.1, -0.05) is 26.8 Å². The van der Waals surface area contributed by atoms with Crippen molar-refractivity contribution in [3.05, 3.63) is 40.3 Å². The first kappa shape index (κ1) is 20.5. The number of nitrogens with one attached hydrogen (secondary N) is 1. The van der Waals surface area contributed by atoms with Gasteiger partial charge in [0.2, 0.25) is 0 Å². The Kier molecular flexibility index (Phi) is 6.44. The highest BCUT2D eigenvalue weighted by atomic mass is 32.1. The maximum atomic E-state index is 5.35. The van der Waals surface area contributed by atoms with Gasteiger partial charge in [0, 0.05) is 55.8 Å². The van der Waals surface area contributed by atoms with E-state index in [9.17, 15) is 0 Å². The minimum atomic E-state index is 0.0902. The molecular weight excluding hydrogens is 370 g/mol. The summed E-state index contributed by atoms with van der Waals surface area (Å²) in [5.41, 5.74) is 2.45. The summed E-state index contributed by atoms with van der Waals surface area (Å²) in [5.74, 6) is 1.84. The molecule has 1 saturated heterocycles. The number of benzene rings is 1. The molecule has 0 aliphatic carbocycles. The molecule has 0 bridgehead atoms. The summed E-state index contributed by atoms with van der Waals surface area (Å²) in [4.78, 5) is 13.9. The Morgan fingerprint density at radius 1 is 1.25 bits per heavy atom. The lowest BCUT2D eigenvalue weighted by molar-refractivity contribution is 0.371. The summed E-state index contributed by atoms with van der Waals surface area (Å²) < 4.78 is 5.35. The first-order chi connectivity index (χ1) is 13.4. The predicted octanol–water partition coefficient (Wildman–Crippen LogP) is 3.35. The molecule has 1 aromatic carbocycles. The second-order valence-electron chi connectivity index (χ2n) is 7.95. The average molecular weight is 402 g/mol. The molecule has 0 radical (unpaired) electrons. The first-order valence-electron chi connectivity index (χ1n) is 9.70. The summed E-state index contributed by atoms with van der Waals surface area (Å²) in [5, 5.41) is 6.74. The predicted molar refractivity (Wildman–Crippen MR) is 118 cm³/mol. The van der Waals surface area contributed by atoms with E-state index in [1.54, 1.807) is 18.4 Å². The number of ether oxygens (including phenoxy) is 1. The van der Waals surface area contributed by atoms with Crippen LogP contribution in [0.15, 0.2) is 34.6 Å². The summed E-state index contributed by atoms with van der Waals surface area (Å²) in [6.45, 7) is 11.1. The van der Waals surface area contributed by atoms with Gasteiger partial charge in [-0.2, -0.15) is 0 Å². The Labute approximate surface area is 172 Å². The van der Waals surface area contributed by atoms with Gasteiger partial charge in [-0.25, -0.2) is 4.98 Å². The molecule has 2 aromatic rings. The fourth-order valence-electron chi connectivity index (χ4n) is 3.21. The highest BCUT2D eigenvalue weighted by Gasteiger charge is 2.21. The van der Waals surface area contributed by atoms with Crippen LogP contribution in [0.2, 0.25) is 0 Å². The van der Waals surface area contributed by atoms with Gasteiger partial charge >= 0.3 is 0 Å². The Hall–Kier alpha value is -2.28. The molecular formula is C21H31N5OS. The molecule has 0 unspecified atom stereocenters. The number of rotatable bonds is 4. The molecule has 3 rings (SSSR count). The van der Waals surface area contributed by atoms with Crippen molar-refractivity contribution in [1.29, 1.82) is 0 Å². The van der Waals surface area contributed by atoms with E-state index in [2.05, 4.69) is 58.4 Å². The van der Waals surface area contributed by atoms with Crippen LogP contribution in [-0.4, -0.2) is 56.2 Å². The monoisotopic (exact) mass is 401 g/mol. The zero-order valence-corrected chi connectivity index (χ0v) is 18.3. The van der Waals surface area contributed by atoms with Crippen LogP contribution in [0.1, 0.15) is 31.5 Å². The van der Waals surface area contributed by atoms with Gasteiger partial charge in [-0.3, -0.25) is 4.99 Å². The van der Waals surface area contributed by atoms with Gasteiger partial charge in [0.25, 0.3) is 0 Å². The Balaban J connectivity index is 1.54. The highest BCUT2D eigenvalue weighted by molar-refractivity contribution is 7.09. The number of anilines is 1. The fourth-order valence-corrected chi connectivity index (χ4v) is 4.17. The largest absolute Gasteiger partial charge is 0.497 e. The number of thiazole rings is 1. The van der Waals surface area contributed by atoms with Gasteiger partial charge in [0.15, 0.2) is 5.96 Å². The minimum absolute atomic E-state index is 0.0902. The third-order valence-electron chi connectivity index (χ3n) is 4.93. The minimum Gasteiger partial charge on any atom is -0.497 e. The molecule has 152 valence electrons. The summed E-state index contributed by atoms with van der Waals surface area (Å²) >= 11 is 1.71. The molecule has 1 fully saturated rings. The van der Waals surface area contributed by atoms with Crippen LogP contribution in [-0.2, 0) is 12.0 Å². The van der Waals surface area contributed by atoms with Gasteiger partial charge in [-0.05, 0) is 12.1 Å². The average Bonchev–Trinajstić information content (AvgIpc) is 3.18. The number of hydrogen-bond donors (Lipinski definition) is 1. The maximum Gasteiger partial charge on any atom is 0.194 e. The number of aliphatic imine (C=N–C) groups is 1. The topological polar surface area (TPSA) is 53.0 Å². The summed E-state index contributed by atoms with van der Waals surface area (Å²) in [7, 11) is 3.55. The maximum absolute atomic E-state index is 5.35. The van der Waals surface area contributed by atoms with Crippen LogP contribution in [0, 0.1) is 0 Å². The molecule has 0 atom stereocenters. The van der Waals surface area contributed by atoms with Crippen molar-refractivity contribution in [2.45, 2.75) is 32.7 Å². The third-order valence-corrected chi connectivity index (χ3v) is 5.78. The van der Waals surface area contributed by atoms with Crippen molar-refractivity contribution in [2.75, 3.05) is 45.2 Å². The van der Waals surface area contributed by atoms with Crippen molar-refractivity contribution in [3.8, 4) is 5.75 Å². The van der Waals surface area contributed by atoms with Crippen LogP contribution < -0.4 is 15.0 Å². The molecule has 0 amide bonds. The molecule has 1 aliphatic rings. The van der Waals surface area contributed by atoms with Gasteiger partial charge in [-0.15, -0.1) is 11.3 Å². The van der Waals surface area contributed by atoms with Crippen LogP contribution in [0.25, 0.3) is 0 Å². The van der Waals surface area contributed by atoms with Crippen molar-refractivity contribution in [3.63, 3.8) is 0 Å². The number of methoxy groups -OCH3 is 1. The molecule has 28 heavy (non-hydrogen) atoms. The number of guanidine groups is 1. The zero-order valence-electron chi connectivity index (χ0n) is 17.5. The first-order valence-corrected chi connectivity index (χ1v) is 10.6. The van der Waals surface area contributed by atoms with E-state index in [-0.39, 0.29) is 5.41 Å². The smallest absolute Gasteiger partial charge is 0.194 e. The van der Waals surface area contributed by atoms with Crippen molar-refractivity contribution in [2.24, 2.45) is 4.99 Å². The highest BCUT2D eigenvalue weighted by Crippen LogP contribution is 2.24. The third kappa shape index (κ3) is 4.95. The van der Waals surface area contributed by atoms with Gasteiger partial charge < -0.3 is 19.9 Å². The van der Waals surface area contributed by atoms with E-state index in [1.165, 1.54) is 5.69 Å². The normalized spacial score (nSPS) is 15.7. The van der Waals surface area contributed by atoms with E-state index in [0.29, 0.717) is 6.54 Å². The van der Waals surface area contributed by atoms with E-state index < -0.39 is 0 Å². The zero-order chi connectivity index (χ0) is 20.1. The van der Waals surface area contributed by atoms with E-state index >= 15 is 0 Å². The molecule has 0 spiro atoms. The summed E-state index contributed by atoms with van der Waals surface area (Å²) in [6.07, 6.45) is 0. The molecule has 0 saturated carbocycles. The molecule has 1 N–H and O–H groups in total. The summed E-state index contributed by atoms with van der Waals surface area (Å²) in [6, 6.07) is 8.26. The lowest BCUT2D eigenvalue weighted by Crippen LogP contribution is -2.52. The number of piperazine rings is 1. The standard InChI is InChI=1S/C21H31N5OS/c1-21(2,3)18-15-28-19(24-18)14-23-20(22-4)26-11-9-25(10-12-26)16-7-6-8-17(13-16)27-5/h6-8,13,15H,9-12,14H2,1-5H3,(H,22,23). The van der Waals surface area contributed by atoms with Crippen LogP contribution in [0.5, 0.6) is 5.75 Å². The molecule has 6 nitrogen and oxygen atoms in total. The van der Waals surface area contributed by atoms with E-state index in [0.717, 1.165) is 48.6 Å². The Bertz CT molecular complexity index is 803. The number of hydrogen-bond acceptors (Lipinski definition) is 5. The lowest BCUT2D eigenvalue weighted by atomic mass is 9.93. The van der Waals surface area contributed by atoms with E-state index in [4.69, 9.17) is 9.72 Å². The molecule has 7 heteroatoms. The second-order valence-corrected chi connectivity index (χ2v) is 8.90.